The third-order valence-electron chi connectivity index (χ3n) is 2.74. The molecule has 0 aliphatic rings. The van der Waals surface area contributed by atoms with Crippen LogP contribution in [0.1, 0.15) is 0 Å². The van der Waals surface area contributed by atoms with Gasteiger partial charge in [-0.3, -0.25) is 0 Å². The molecule has 0 fully saturated rings. The van der Waals surface area contributed by atoms with Gasteiger partial charge in [-0.05, 0) is 30.3 Å². The van der Waals surface area contributed by atoms with Crippen LogP contribution < -0.4 is 14.1 Å². The second-order valence-corrected chi connectivity index (χ2v) is 6.07. The molecule has 0 bridgehead atoms. The zero-order valence-electron chi connectivity index (χ0n) is 12.1. The van der Waals surface area contributed by atoms with Crippen molar-refractivity contribution in [2.45, 2.75) is 0 Å². The summed E-state index contributed by atoms with van der Waals surface area (Å²) in [5.74, 6) is 0.980. The lowest BCUT2D eigenvalue weighted by Gasteiger charge is -2.19. The third-order valence-corrected chi connectivity index (χ3v) is 4.12. The molecular formula is C16H14N3O3P. The van der Waals surface area contributed by atoms with Gasteiger partial charge in [0.15, 0.2) is 0 Å². The van der Waals surface area contributed by atoms with Crippen molar-refractivity contribution in [3.8, 4) is 11.5 Å². The first-order valence-electron chi connectivity index (χ1n) is 6.88. The highest BCUT2D eigenvalue weighted by atomic mass is 31.2. The molecule has 0 saturated carbocycles. The number of nitrogens with one attached hydrogen (secondary N) is 1. The Kier molecular flexibility index (Phi) is 4.54. The van der Waals surface area contributed by atoms with Gasteiger partial charge in [0.25, 0.3) is 0 Å². The van der Waals surface area contributed by atoms with Crippen molar-refractivity contribution in [2.75, 3.05) is 5.09 Å². The zero-order chi connectivity index (χ0) is 16.0. The Bertz CT molecular complexity index is 677. The summed E-state index contributed by atoms with van der Waals surface area (Å²) >= 11 is 0. The van der Waals surface area contributed by atoms with Crippen molar-refractivity contribution in [2.24, 2.45) is 0 Å². The van der Waals surface area contributed by atoms with E-state index in [9.17, 15) is 4.57 Å². The fourth-order valence-corrected chi connectivity index (χ4v) is 3.07. The number of para-hydroxylation sites is 2. The lowest BCUT2D eigenvalue weighted by atomic mass is 10.3. The Morgan fingerprint density at radius 1 is 0.739 bits per heavy atom. The van der Waals surface area contributed by atoms with Crippen LogP contribution in [0.2, 0.25) is 0 Å². The molecule has 6 nitrogen and oxygen atoms in total. The van der Waals surface area contributed by atoms with Gasteiger partial charge in [-0.25, -0.2) is 19.6 Å². The van der Waals surface area contributed by atoms with Gasteiger partial charge in [0.05, 0.1) is 0 Å². The molecule has 23 heavy (non-hydrogen) atoms. The average Bonchev–Trinajstić information content (AvgIpc) is 2.57. The highest BCUT2D eigenvalue weighted by molar-refractivity contribution is 7.56. The van der Waals surface area contributed by atoms with Gasteiger partial charge in [-0.1, -0.05) is 36.4 Å². The van der Waals surface area contributed by atoms with Gasteiger partial charge in [-0.15, -0.1) is 0 Å². The summed E-state index contributed by atoms with van der Waals surface area (Å²) in [7, 11) is -3.76. The molecule has 1 N–H and O–H groups in total. The SMILES string of the molecule is O=P(Nc1ncccn1)(Oc1ccccc1)Oc1ccccc1. The van der Waals surface area contributed by atoms with E-state index >= 15 is 0 Å². The van der Waals surface area contributed by atoms with Gasteiger partial charge in [0.2, 0.25) is 5.95 Å². The second-order valence-electron chi connectivity index (χ2n) is 4.49. The van der Waals surface area contributed by atoms with Crippen LogP contribution in [0.4, 0.5) is 5.95 Å². The van der Waals surface area contributed by atoms with E-state index in [1.165, 1.54) is 12.4 Å². The van der Waals surface area contributed by atoms with Crippen LogP contribution in [-0.4, -0.2) is 9.97 Å². The number of rotatable bonds is 6. The lowest BCUT2D eigenvalue weighted by molar-refractivity contribution is 0.392. The Morgan fingerprint density at radius 3 is 1.70 bits per heavy atom. The molecule has 0 radical (unpaired) electrons. The summed E-state index contributed by atoms with van der Waals surface area (Å²) in [4.78, 5) is 7.99. The Balaban J connectivity index is 1.87. The van der Waals surface area contributed by atoms with E-state index in [0.717, 1.165) is 0 Å². The maximum atomic E-state index is 13.1. The molecular weight excluding hydrogens is 313 g/mol. The fraction of sp³-hybridized carbons (Fsp3) is 0. The van der Waals surface area contributed by atoms with Gasteiger partial charge in [-0.2, -0.15) is 0 Å². The number of hydrogen-bond donors (Lipinski definition) is 1. The first-order chi connectivity index (χ1) is 11.2. The number of aromatic nitrogens is 2. The van der Waals surface area contributed by atoms with E-state index in [1.54, 1.807) is 54.6 Å². The molecule has 0 aliphatic heterocycles. The van der Waals surface area contributed by atoms with Crippen molar-refractivity contribution in [1.29, 1.82) is 0 Å². The molecule has 0 aliphatic carbocycles. The van der Waals surface area contributed by atoms with E-state index in [-0.39, 0.29) is 5.95 Å². The normalized spacial score (nSPS) is 10.8. The smallest absolute Gasteiger partial charge is 0.400 e. The molecule has 2 aromatic carbocycles. The molecule has 1 heterocycles. The zero-order valence-corrected chi connectivity index (χ0v) is 13.0. The Hall–Kier alpha value is -2.85. The third kappa shape index (κ3) is 4.31. The van der Waals surface area contributed by atoms with Crippen LogP contribution in [0.3, 0.4) is 0 Å². The van der Waals surface area contributed by atoms with Crippen LogP contribution in [0, 0.1) is 0 Å². The molecule has 116 valence electrons. The first-order valence-corrected chi connectivity index (χ1v) is 8.42. The quantitative estimate of drug-likeness (QED) is 0.686. The van der Waals surface area contributed by atoms with Gasteiger partial charge in [0.1, 0.15) is 11.5 Å². The fourth-order valence-electron chi connectivity index (χ4n) is 1.78. The van der Waals surface area contributed by atoms with Crippen molar-refractivity contribution in [3.05, 3.63) is 79.1 Å². The molecule has 0 amide bonds. The van der Waals surface area contributed by atoms with Crippen LogP contribution in [-0.2, 0) is 4.57 Å². The molecule has 1 aromatic heterocycles. The van der Waals surface area contributed by atoms with Gasteiger partial charge in [0, 0.05) is 12.4 Å². The predicted molar refractivity (Wildman–Crippen MR) is 87.4 cm³/mol. The monoisotopic (exact) mass is 327 g/mol. The minimum atomic E-state index is -3.76. The van der Waals surface area contributed by atoms with Crippen molar-refractivity contribution < 1.29 is 13.6 Å². The molecule has 3 rings (SSSR count). The molecule has 0 atom stereocenters. The Morgan fingerprint density at radius 2 is 1.22 bits per heavy atom. The van der Waals surface area contributed by atoms with Crippen LogP contribution in [0.15, 0.2) is 79.1 Å². The second kappa shape index (κ2) is 6.94. The van der Waals surface area contributed by atoms with Crippen molar-refractivity contribution >= 4 is 13.7 Å². The maximum absolute atomic E-state index is 13.1. The minimum Gasteiger partial charge on any atom is -0.400 e. The summed E-state index contributed by atoms with van der Waals surface area (Å²) in [6, 6.07) is 19.2. The minimum absolute atomic E-state index is 0.155. The van der Waals surface area contributed by atoms with E-state index in [4.69, 9.17) is 9.05 Å². The molecule has 0 saturated heterocycles. The van der Waals surface area contributed by atoms with E-state index in [1.807, 2.05) is 12.1 Å². The predicted octanol–water partition coefficient (Wildman–Crippen LogP) is 4.15. The number of benzene rings is 2. The van der Waals surface area contributed by atoms with Crippen LogP contribution in [0.25, 0.3) is 0 Å². The number of hydrogen-bond acceptors (Lipinski definition) is 5. The standard InChI is InChI=1S/C16H14N3O3P/c20-23(19-16-17-12-7-13-18-16,21-14-8-3-1-4-9-14)22-15-10-5-2-6-11-15/h1-13H,(H,17,18,19,20). The number of nitrogens with zero attached hydrogens (tertiary/aromatic N) is 2. The van der Waals surface area contributed by atoms with E-state index in [0.29, 0.717) is 11.5 Å². The summed E-state index contributed by atoms with van der Waals surface area (Å²) < 4.78 is 24.2. The van der Waals surface area contributed by atoms with Crippen LogP contribution >= 0.6 is 7.75 Å². The summed E-state index contributed by atoms with van der Waals surface area (Å²) in [6.07, 6.45) is 3.06. The Labute approximate surface area is 133 Å². The molecule has 3 aromatic rings. The van der Waals surface area contributed by atoms with Crippen molar-refractivity contribution in [1.82, 2.24) is 9.97 Å². The first kappa shape index (κ1) is 15.1. The van der Waals surface area contributed by atoms with Gasteiger partial charge < -0.3 is 9.05 Å². The summed E-state index contributed by atoms with van der Waals surface area (Å²) in [6.45, 7) is 0. The molecule has 0 unspecified atom stereocenters. The topological polar surface area (TPSA) is 73.3 Å². The lowest BCUT2D eigenvalue weighted by Crippen LogP contribution is -2.11. The van der Waals surface area contributed by atoms with E-state index < -0.39 is 7.75 Å². The largest absolute Gasteiger partial charge is 0.544 e. The van der Waals surface area contributed by atoms with E-state index in [2.05, 4.69) is 15.1 Å². The average molecular weight is 327 g/mol. The van der Waals surface area contributed by atoms with Gasteiger partial charge >= 0.3 is 7.75 Å². The highest BCUT2D eigenvalue weighted by Gasteiger charge is 2.30. The summed E-state index contributed by atoms with van der Waals surface area (Å²) in [5, 5.41) is 2.64. The molecule has 0 spiro atoms. The van der Waals surface area contributed by atoms with Crippen molar-refractivity contribution in [3.63, 3.8) is 0 Å². The summed E-state index contributed by atoms with van der Waals surface area (Å²) in [5.41, 5.74) is 0. The molecule has 7 heteroatoms. The number of anilines is 1. The van der Waals surface area contributed by atoms with Crippen LogP contribution in [0.5, 0.6) is 11.5 Å². The highest BCUT2D eigenvalue weighted by Crippen LogP contribution is 2.47. The maximum Gasteiger partial charge on any atom is 0.544 e.